The first-order valence-electron chi connectivity index (χ1n) is 10.4. The normalized spacial score (nSPS) is 20.1. The lowest BCUT2D eigenvalue weighted by Crippen LogP contribution is -2.54. The van der Waals surface area contributed by atoms with E-state index in [4.69, 9.17) is 18.9 Å². The average molecular weight is 446 g/mol. The monoisotopic (exact) mass is 446 g/mol. The van der Waals surface area contributed by atoms with E-state index in [2.05, 4.69) is 0 Å². The predicted molar refractivity (Wildman–Crippen MR) is 117 cm³/mol. The number of ketones is 1. The Bertz CT molecular complexity index is 1080. The molecule has 0 spiro atoms. The highest BCUT2D eigenvalue weighted by atomic mass is 16.7. The van der Waals surface area contributed by atoms with Crippen molar-refractivity contribution in [2.75, 3.05) is 6.61 Å². The Morgan fingerprint density at radius 3 is 1.85 bits per heavy atom. The van der Waals surface area contributed by atoms with Gasteiger partial charge < -0.3 is 18.9 Å². The third kappa shape index (κ3) is 5.71. The summed E-state index contributed by atoms with van der Waals surface area (Å²) in [6.45, 7) is -0.0666. The smallest absolute Gasteiger partial charge is 0.339 e. The zero-order valence-electron chi connectivity index (χ0n) is 17.7. The molecule has 0 saturated carbocycles. The molecule has 7 nitrogen and oxygen atoms in total. The van der Waals surface area contributed by atoms with Gasteiger partial charge in [0.1, 0.15) is 0 Å². The molecular weight excluding hydrogens is 424 g/mol. The van der Waals surface area contributed by atoms with Gasteiger partial charge in [0.2, 0.25) is 18.2 Å². The number of carbonyl (C=O) groups is 3. The summed E-state index contributed by atoms with van der Waals surface area (Å²) in [6, 6.07) is 25.9. The molecule has 33 heavy (non-hydrogen) atoms. The van der Waals surface area contributed by atoms with Crippen LogP contribution in [0.25, 0.3) is 0 Å². The number of Topliss-reactive ketones (excluding diaryl/α,β-unsaturated/α-hetero) is 1. The predicted octanol–water partition coefficient (Wildman–Crippen LogP) is 3.58. The molecule has 3 aromatic carbocycles. The van der Waals surface area contributed by atoms with E-state index in [1.807, 2.05) is 30.3 Å². The van der Waals surface area contributed by atoms with Crippen molar-refractivity contribution in [1.82, 2.24) is 0 Å². The Morgan fingerprint density at radius 1 is 0.758 bits per heavy atom. The Labute approximate surface area is 190 Å². The van der Waals surface area contributed by atoms with Crippen molar-refractivity contribution in [2.45, 2.75) is 25.1 Å². The van der Waals surface area contributed by atoms with Crippen molar-refractivity contribution < 1.29 is 33.3 Å². The van der Waals surface area contributed by atoms with Crippen molar-refractivity contribution in [2.24, 2.45) is 0 Å². The number of hydrogen-bond acceptors (Lipinski definition) is 7. The Hall–Kier alpha value is -3.81. The van der Waals surface area contributed by atoms with E-state index in [1.54, 1.807) is 60.7 Å². The highest BCUT2D eigenvalue weighted by Gasteiger charge is 2.44. The molecule has 0 bridgehead atoms. The molecule has 0 unspecified atom stereocenters. The molecule has 1 heterocycles. The molecule has 0 aliphatic carbocycles. The molecule has 1 aliphatic rings. The van der Waals surface area contributed by atoms with Gasteiger partial charge in [-0.15, -0.1) is 0 Å². The number of rotatable bonds is 7. The maximum absolute atomic E-state index is 13.2. The minimum Gasteiger partial charge on any atom is -0.448 e. The van der Waals surface area contributed by atoms with Gasteiger partial charge in [0.25, 0.3) is 0 Å². The van der Waals surface area contributed by atoms with Crippen molar-refractivity contribution in [3.05, 3.63) is 108 Å². The summed E-state index contributed by atoms with van der Waals surface area (Å²) in [7, 11) is 0. The lowest BCUT2D eigenvalue weighted by molar-refractivity contribution is -0.230. The highest BCUT2D eigenvalue weighted by Crippen LogP contribution is 2.22. The molecule has 3 aromatic rings. The van der Waals surface area contributed by atoms with Crippen molar-refractivity contribution in [3.8, 4) is 0 Å². The maximum atomic E-state index is 13.2. The molecule has 0 aromatic heterocycles. The first-order chi connectivity index (χ1) is 16.1. The maximum Gasteiger partial charge on any atom is 0.339 e. The van der Waals surface area contributed by atoms with Gasteiger partial charge in [-0.25, -0.2) is 9.59 Å². The van der Waals surface area contributed by atoms with Crippen LogP contribution in [-0.4, -0.2) is 42.8 Å². The van der Waals surface area contributed by atoms with Gasteiger partial charge in [-0.05, 0) is 29.8 Å². The lowest BCUT2D eigenvalue weighted by atomic mass is 10.1. The van der Waals surface area contributed by atoms with E-state index < -0.39 is 36.2 Å². The van der Waals surface area contributed by atoms with E-state index in [0.717, 1.165) is 5.56 Å². The molecule has 0 radical (unpaired) electrons. The van der Waals surface area contributed by atoms with E-state index in [1.165, 1.54) is 0 Å². The van der Waals surface area contributed by atoms with Gasteiger partial charge in [-0.2, -0.15) is 0 Å². The van der Waals surface area contributed by atoms with E-state index in [0.29, 0.717) is 5.56 Å². The Morgan fingerprint density at radius 2 is 1.27 bits per heavy atom. The molecule has 168 valence electrons. The summed E-state index contributed by atoms with van der Waals surface area (Å²) in [5.41, 5.74) is 1.43. The summed E-state index contributed by atoms with van der Waals surface area (Å²) in [6.07, 6.45) is -3.77. The summed E-state index contributed by atoms with van der Waals surface area (Å²) >= 11 is 0. The van der Waals surface area contributed by atoms with Crippen LogP contribution in [0.3, 0.4) is 0 Å². The highest BCUT2D eigenvalue weighted by molar-refractivity contribution is 5.97. The molecule has 4 rings (SSSR count). The second-order valence-corrected chi connectivity index (χ2v) is 7.35. The molecule has 7 heteroatoms. The first kappa shape index (κ1) is 22.4. The standard InChI is InChI=1S/C26H22O7/c27-22-21(32-24(28)19-12-6-2-7-13-19)17-31-26(30-16-18-10-4-1-5-11-18)23(22)33-25(29)20-14-8-3-9-15-20/h1-15,21,23,26H,16-17H2/t21-,23+,26-/m0/s1. The van der Waals surface area contributed by atoms with Crippen LogP contribution in [-0.2, 0) is 30.3 Å². The van der Waals surface area contributed by atoms with Crippen LogP contribution in [0, 0.1) is 0 Å². The lowest BCUT2D eigenvalue weighted by Gasteiger charge is -2.33. The Balaban J connectivity index is 1.49. The van der Waals surface area contributed by atoms with Crippen LogP contribution in [0.15, 0.2) is 91.0 Å². The second-order valence-electron chi connectivity index (χ2n) is 7.35. The molecule has 0 N–H and O–H groups in total. The number of hydrogen-bond donors (Lipinski definition) is 0. The van der Waals surface area contributed by atoms with Crippen molar-refractivity contribution in [3.63, 3.8) is 0 Å². The zero-order valence-corrected chi connectivity index (χ0v) is 17.7. The molecule has 1 aliphatic heterocycles. The van der Waals surface area contributed by atoms with Crippen LogP contribution in [0.1, 0.15) is 26.3 Å². The second kappa shape index (κ2) is 10.7. The molecule has 0 amide bonds. The Kier molecular flexibility index (Phi) is 7.24. The van der Waals surface area contributed by atoms with E-state index in [-0.39, 0.29) is 18.8 Å². The van der Waals surface area contributed by atoms with Crippen LogP contribution in [0.2, 0.25) is 0 Å². The van der Waals surface area contributed by atoms with Gasteiger partial charge in [0, 0.05) is 0 Å². The first-order valence-corrected chi connectivity index (χ1v) is 10.4. The van der Waals surface area contributed by atoms with Crippen molar-refractivity contribution in [1.29, 1.82) is 0 Å². The fourth-order valence-corrected chi connectivity index (χ4v) is 3.29. The number of esters is 2. The van der Waals surface area contributed by atoms with Crippen LogP contribution in [0.4, 0.5) is 0 Å². The third-order valence-corrected chi connectivity index (χ3v) is 5.02. The topological polar surface area (TPSA) is 88.1 Å². The minimum atomic E-state index is -1.40. The van der Waals surface area contributed by atoms with Gasteiger partial charge in [0.15, 0.2) is 6.10 Å². The summed E-state index contributed by atoms with van der Waals surface area (Å²) in [5.74, 6) is -1.98. The molecule has 3 atom stereocenters. The summed E-state index contributed by atoms with van der Waals surface area (Å²) in [4.78, 5) is 38.2. The fraction of sp³-hybridized carbons (Fsp3) is 0.192. The van der Waals surface area contributed by atoms with Crippen LogP contribution < -0.4 is 0 Å². The quantitative estimate of drug-likeness (QED) is 0.513. The molecule has 1 fully saturated rings. The molecular formula is C26H22O7. The third-order valence-electron chi connectivity index (χ3n) is 5.02. The SMILES string of the molecule is O=C(O[C@H]1CO[C@H](OCc2ccccc2)[C@H](OC(=O)c2ccccc2)C1=O)c1ccccc1. The van der Waals surface area contributed by atoms with Crippen LogP contribution in [0.5, 0.6) is 0 Å². The number of carbonyl (C=O) groups excluding carboxylic acids is 3. The molecule has 1 saturated heterocycles. The average Bonchev–Trinajstić information content (AvgIpc) is 2.87. The van der Waals surface area contributed by atoms with Crippen LogP contribution >= 0.6 is 0 Å². The fourth-order valence-electron chi connectivity index (χ4n) is 3.29. The van der Waals surface area contributed by atoms with Gasteiger partial charge in [-0.3, -0.25) is 4.79 Å². The number of benzene rings is 3. The largest absolute Gasteiger partial charge is 0.448 e. The zero-order chi connectivity index (χ0) is 23.0. The summed E-state index contributed by atoms with van der Waals surface area (Å²) < 4.78 is 22.3. The van der Waals surface area contributed by atoms with E-state index in [9.17, 15) is 14.4 Å². The van der Waals surface area contributed by atoms with Crippen molar-refractivity contribution >= 4 is 17.7 Å². The number of ether oxygens (including phenoxy) is 4. The summed E-state index contributed by atoms with van der Waals surface area (Å²) in [5, 5.41) is 0. The van der Waals surface area contributed by atoms with Gasteiger partial charge in [0.05, 0.1) is 24.3 Å². The van der Waals surface area contributed by atoms with E-state index >= 15 is 0 Å². The van der Waals surface area contributed by atoms with Gasteiger partial charge in [-0.1, -0.05) is 66.7 Å². The van der Waals surface area contributed by atoms with Gasteiger partial charge >= 0.3 is 11.9 Å². The minimum absolute atomic E-state index is 0.145.